The molecule has 1 N–H and O–H groups in total. The Hall–Kier alpha value is -2.21. The zero-order valence-corrected chi connectivity index (χ0v) is 15.7. The van der Waals surface area contributed by atoms with Crippen LogP contribution in [-0.2, 0) is 14.8 Å². The van der Waals surface area contributed by atoms with Gasteiger partial charge in [-0.1, -0.05) is 18.7 Å². The maximum absolute atomic E-state index is 12.6. The lowest BCUT2D eigenvalue weighted by Crippen LogP contribution is -2.30. The van der Waals surface area contributed by atoms with Crippen LogP contribution in [0.25, 0.3) is 0 Å². The van der Waals surface area contributed by atoms with Crippen LogP contribution in [0.3, 0.4) is 0 Å². The summed E-state index contributed by atoms with van der Waals surface area (Å²) in [5, 5.41) is 0. The number of methoxy groups -OCH3 is 1. The van der Waals surface area contributed by atoms with Gasteiger partial charge in [0.1, 0.15) is 5.76 Å². The van der Waals surface area contributed by atoms with Gasteiger partial charge in [0, 0.05) is 13.1 Å². The number of rotatable bonds is 7. The fourth-order valence-electron chi connectivity index (χ4n) is 2.73. The van der Waals surface area contributed by atoms with Gasteiger partial charge >= 0.3 is 0 Å². The Labute approximate surface area is 150 Å². The topological polar surface area (TPSA) is 58.6 Å². The normalized spacial score (nSPS) is 16.1. The number of anilines is 2. The van der Waals surface area contributed by atoms with Crippen molar-refractivity contribution in [1.29, 1.82) is 0 Å². The molecule has 25 heavy (non-hydrogen) atoms. The number of piperidine rings is 1. The Balaban J connectivity index is 2.19. The van der Waals surface area contributed by atoms with E-state index in [-0.39, 0.29) is 4.91 Å². The molecule has 0 radical (unpaired) electrons. The van der Waals surface area contributed by atoms with Crippen molar-refractivity contribution in [3.63, 3.8) is 0 Å². The van der Waals surface area contributed by atoms with Crippen LogP contribution in [0.1, 0.15) is 26.2 Å². The number of allylic oxidation sites excluding steroid dienone is 3. The quantitative estimate of drug-likeness (QED) is 0.587. The van der Waals surface area contributed by atoms with E-state index in [0.717, 1.165) is 31.6 Å². The van der Waals surface area contributed by atoms with Gasteiger partial charge in [-0.15, -0.1) is 0 Å². The Bertz CT molecular complexity index is 761. The molecular weight excluding hydrogens is 336 g/mol. The van der Waals surface area contributed by atoms with Crippen LogP contribution in [0.2, 0.25) is 0 Å². The van der Waals surface area contributed by atoms with Gasteiger partial charge in [-0.2, -0.15) is 0 Å². The fraction of sp³-hybridized carbons (Fsp3) is 0.368. The van der Waals surface area contributed by atoms with Gasteiger partial charge in [-0.05, 0) is 56.5 Å². The predicted octanol–water partition coefficient (Wildman–Crippen LogP) is 4.04. The number of hydrogen-bond acceptors (Lipinski definition) is 4. The molecule has 1 aromatic carbocycles. The average molecular weight is 362 g/mol. The van der Waals surface area contributed by atoms with E-state index in [1.165, 1.54) is 19.6 Å². The Morgan fingerprint density at radius 1 is 1.20 bits per heavy atom. The van der Waals surface area contributed by atoms with Gasteiger partial charge in [-0.25, -0.2) is 8.42 Å². The minimum Gasteiger partial charge on any atom is -0.497 e. The number of nitrogens with one attached hydrogen (secondary N) is 1. The molecular formula is C19H26N2O3S. The lowest BCUT2D eigenvalue weighted by molar-refractivity contribution is 0.306. The van der Waals surface area contributed by atoms with E-state index in [2.05, 4.69) is 16.2 Å². The molecule has 0 unspecified atom stereocenters. The van der Waals surface area contributed by atoms with E-state index in [4.69, 9.17) is 4.74 Å². The highest BCUT2D eigenvalue weighted by molar-refractivity contribution is 7.96. The van der Waals surface area contributed by atoms with Crippen molar-refractivity contribution in [2.24, 2.45) is 0 Å². The third-order valence-electron chi connectivity index (χ3n) is 4.14. The van der Waals surface area contributed by atoms with Crippen LogP contribution in [0.4, 0.5) is 11.4 Å². The van der Waals surface area contributed by atoms with Gasteiger partial charge in [-0.3, -0.25) is 4.72 Å². The lowest BCUT2D eigenvalue weighted by Gasteiger charge is -2.30. The molecule has 0 bridgehead atoms. The summed E-state index contributed by atoms with van der Waals surface area (Å²) in [4.78, 5) is 2.21. The summed E-state index contributed by atoms with van der Waals surface area (Å²) in [6.45, 7) is 7.37. The predicted molar refractivity (Wildman–Crippen MR) is 104 cm³/mol. The van der Waals surface area contributed by atoms with Crippen molar-refractivity contribution in [1.82, 2.24) is 0 Å². The van der Waals surface area contributed by atoms with Gasteiger partial charge in [0.25, 0.3) is 10.0 Å². The molecule has 1 aliphatic heterocycles. The molecule has 6 heteroatoms. The van der Waals surface area contributed by atoms with E-state index >= 15 is 0 Å². The molecule has 1 aliphatic rings. The van der Waals surface area contributed by atoms with Crippen LogP contribution in [0.15, 0.2) is 59.7 Å². The summed E-state index contributed by atoms with van der Waals surface area (Å²) in [6.07, 6.45) is 8.23. The minimum absolute atomic E-state index is 0.0163. The number of hydrogen-bond donors (Lipinski definition) is 1. The third kappa shape index (κ3) is 5.13. The second-order valence-corrected chi connectivity index (χ2v) is 7.60. The van der Waals surface area contributed by atoms with Gasteiger partial charge < -0.3 is 9.64 Å². The SMILES string of the molecule is C=C(/C=C\C(=C/C)OC)S(=O)(=O)Nc1ccccc1N1CCCCC1. The van der Waals surface area contributed by atoms with Crippen LogP contribution in [0.5, 0.6) is 0 Å². The van der Waals surface area contributed by atoms with Gasteiger partial charge in [0.2, 0.25) is 0 Å². The van der Waals surface area contributed by atoms with Crippen LogP contribution < -0.4 is 9.62 Å². The molecule has 0 amide bonds. The maximum atomic E-state index is 12.6. The van der Waals surface area contributed by atoms with E-state index in [0.29, 0.717) is 11.4 Å². The molecule has 1 aromatic rings. The van der Waals surface area contributed by atoms with Crippen LogP contribution >= 0.6 is 0 Å². The molecule has 0 aromatic heterocycles. The first kappa shape index (κ1) is 19.1. The first-order valence-corrected chi connectivity index (χ1v) is 9.90. The standard InChI is InChI=1S/C19H26N2O3S/c1-4-17(24-3)13-12-16(2)25(22,23)20-18-10-6-7-11-19(18)21-14-8-5-9-15-21/h4,6-7,10-13,20H,2,5,8-9,14-15H2,1,3H3/b13-12-,17-4+. The van der Waals surface area contributed by atoms with Gasteiger partial charge in [0.05, 0.1) is 23.4 Å². The summed E-state index contributed by atoms with van der Waals surface area (Å²) < 4.78 is 32.9. The molecule has 0 atom stereocenters. The summed E-state index contributed by atoms with van der Waals surface area (Å²) in [5.41, 5.74) is 1.49. The van der Waals surface area contributed by atoms with Crippen molar-refractivity contribution in [3.05, 3.63) is 59.7 Å². The molecule has 0 spiro atoms. The zero-order chi connectivity index (χ0) is 18.3. The molecule has 1 heterocycles. The average Bonchev–Trinajstić information content (AvgIpc) is 2.63. The number of nitrogens with zero attached hydrogens (tertiary/aromatic N) is 1. The maximum Gasteiger partial charge on any atom is 0.261 e. The summed E-state index contributed by atoms with van der Waals surface area (Å²) >= 11 is 0. The highest BCUT2D eigenvalue weighted by Crippen LogP contribution is 2.29. The molecule has 0 aliphatic carbocycles. The van der Waals surface area contributed by atoms with E-state index < -0.39 is 10.0 Å². The largest absolute Gasteiger partial charge is 0.497 e. The van der Waals surface area contributed by atoms with Crippen molar-refractivity contribution in [3.8, 4) is 0 Å². The monoisotopic (exact) mass is 362 g/mol. The van der Waals surface area contributed by atoms with Crippen molar-refractivity contribution in [2.75, 3.05) is 29.8 Å². The molecule has 1 fully saturated rings. The van der Waals surface area contributed by atoms with Crippen molar-refractivity contribution < 1.29 is 13.2 Å². The summed E-state index contributed by atoms with van der Waals surface area (Å²) in [5.74, 6) is 0.574. The second kappa shape index (κ2) is 8.76. The van der Waals surface area contributed by atoms with E-state index in [9.17, 15) is 8.42 Å². The molecule has 2 rings (SSSR count). The van der Waals surface area contributed by atoms with Crippen LogP contribution in [-0.4, -0.2) is 28.6 Å². The van der Waals surface area contributed by atoms with Gasteiger partial charge in [0.15, 0.2) is 0 Å². The first-order valence-electron chi connectivity index (χ1n) is 8.42. The Kier molecular flexibility index (Phi) is 6.70. The Morgan fingerprint density at radius 3 is 2.52 bits per heavy atom. The molecule has 0 saturated carbocycles. The first-order chi connectivity index (χ1) is 12.0. The number of ether oxygens (including phenoxy) is 1. The molecule has 1 saturated heterocycles. The van der Waals surface area contributed by atoms with E-state index in [1.807, 2.05) is 25.1 Å². The van der Waals surface area contributed by atoms with Crippen molar-refractivity contribution in [2.45, 2.75) is 26.2 Å². The Morgan fingerprint density at radius 2 is 1.88 bits per heavy atom. The van der Waals surface area contributed by atoms with Crippen LogP contribution in [0, 0.1) is 0 Å². The highest BCUT2D eigenvalue weighted by atomic mass is 32.2. The summed E-state index contributed by atoms with van der Waals surface area (Å²) in [7, 11) is -2.20. The fourth-order valence-corrected chi connectivity index (χ4v) is 3.57. The second-order valence-electron chi connectivity index (χ2n) is 5.87. The highest BCUT2D eigenvalue weighted by Gasteiger charge is 2.19. The zero-order valence-electron chi connectivity index (χ0n) is 14.9. The minimum atomic E-state index is -3.73. The molecule has 136 valence electrons. The smallest absolute Gasteiger partial charge is 0.261 e. The number of benzene rings is 1. The van der Waals surface area contributed by atoms with E-state index in [1.54, 1.807) is 18.2 Å². The molecule has 5 nitrogen and oxygen atoms in total. The van der Waals surface area contributed by atoms with Crippen molar-refractivity contribution >= 4 is 21.4 Å². The summed E-state index contributed by atoms with van der Waals surface area (Å²) in [6, 6.07) is 7.48. The third-order valence-corrected chi connectivity index (χ3v) is 5.46. The number of sulfonamides is 1. The number of para-hydroxylation sites is 2. The lowest BCUT2D eigenvalue weighted by atomic mass is 10.1.